The van der Waals surface area contributed by atoms with Crippen LogP contribution in [0.25, 0.3) is 0 Å². The minimum absolute atomic E-state index is 0.397. The Balaban J connectivity index is 2.47. The number of rotatable bonds is 6. The Kier molecular flexibility index (Phi) is 5.19. The summed E-state index contributed by atoms with van der Waals surface area (Å²) in [5.74, 6) is 1.71. The van der Waals surface area contributed by atoms with E-state index in [-0.39, 0.29) is 0 Å². The molecule has 1 aromatic rings. The first-order chi connectivity index (χ1) is 7.65. The fourth-order valence-electron chi connectivity index (χ4n) is 1.70. The first kappa shape index (κ1) is 12.9. The Bertz CT molecular complexity index is 310. The summed E-state index contributed by atoms with van der Waals surface area (Å²) >= 11 is 0. The summed E-state index contributed by atoms with van der Waals surface area (Å²) < 4.78 is 0. The van der Waals surface area contributed by atoms with Gasteiger partial charge in [0.2, 0.25) is 0 Å². The predicted molar refractivity (Wildman–Crippen MR) is 67.6 cm³/mol. The topological polar surface area (TPSA) is 41.0 Å². The third-order valence-corrected chi connectivity index (χ3v) is 2.60. The van der Waals surface area contributed by atoms with Crippen molar-refractivity contribution < 1.29 is 0 Å². The summed E-state index contributed by atoms with van der Waals surface area (Å²) in [5.41, 5.74) is 0. The minimum atomic E-state index is 0.397. The molecule has 1 rings (SSSR count). The summed E-state index contributed by atoms with van der Waals surface area (Å²) in [6.45, 7) is 11.7. The van der Waals surface area contributed by atoms with Gasteiger partial charge >= 0.3 is 0 Å². The molecule has 0 amide bonds. The largest absolute Gasteiger partial charge is 0.366 e. The van der Waals surface area contributed by atoms with Crippen molar-refractivity contribution in [2.75, 3.05) is 25.0 Å². The van der Waals surface area contributed by atoms with Crippen molar-refractivity contribution in [3.05, 3.63) is 18.1 Å². The van der Waals surface area contributed by atoms with E-state index in [1.54, 1.807) is 6.20 Å². The summed E-state index contributed by atoms with van der Waals surface area (Å²) in [6, 6.07) is 2.31. The molecule has 0 saturated heterocycles. The number of likely N-dealkylation sites (N-methyl/N-ethyl adjacent to an activating group) is 1. The van der Waals surface area contributed by atoms with Crippen molar-refractivity contribution in [2.24, 2.45) is 0 Å². The molecular formula is C12H22N4. The molecule has 1 aromatic heterocycles. The Hall–Kier alpha value is -1.16. The van der Waals surface area contributed by atoms with Crippen molar-refractivity contribution in [3.63, 3.8) is 0 Å². The third kappa shape index (κ3) is 4.14. The van der Waals surface area contributed by atoms with Gasteiger partial charge in [-0.1, -0.05) is 13.8 Å². The highest BCUT2D eigenvalue weighted by atomic mass is 15.2. The van der Waals surface area contributed by atoms with Crippen LogP contribution in [0.1, 0.15) is 26.6 Å². The fraction of sp³-hybridized carbons (Fsp3) is 0.667. The summed E-state index contributed by atoms with van der Waals surface area (Å²) in [4.78, 5) is 10.8. The molecule has 0 fully saturated rings. The predicted octanol–water partition coefficient (Wildman–Crippen LogP) is 1.93. The number of aromatic nitrogens is 2. The van der Waals surface area contributed by atoms with Crippen LogP contribution in [0.3, 0.4) is 0 Å². The fourth-order valence-corrected chi connectivity index (χ4v) is 1.70. The number of hydrogen-bond acceptors (Lipinski definition) is 4. The van der Waals surface area contributed by atoms with Gasteiger partial charge < -0.3 is 10.2 Å². The van der Waals surface area contributed by atoms with E-state index in [1.165, 1.54) is 0 Å². The highest BCUT2D eigenvalue weighted by molar-refractivity contribution is 5.33. The summed E-state index contributed by atoms with van der Waals surface area (Å²) in [7, 11) is 0. The molecule has 16 heavy (non-hydrogen) atoms. The zero-order valence-corrected chi connectivity index (χ0v) is 10.7. The Morgan fingerprint density at radius 2 is 2.06 bits per heavy atom. The molecule has 0 aromatic carbocycles. The van der Waals surface area contributed by atoms with Crippen LogP contribution in [-0.2, 0) is 0 Å². The zero-order valence-electron chi connectivity index (χ0n) is 10.7. The smallest absolute Gasteiger partial charge is 0.129 e. The third-order valence-electron chi connectivity index (χ3n) is 2.60. The van der Waals surface area contributed by atoms with Crippen LogP contribution >= 0.6 is 0 Å². The lowest BCUT2D eigenvalue weighted by Crippen LogP contribution is -2.34. The van der Waals surface area contributed by atoms with Crippen molar-refractivity contribution in [1.29, 1.82) is 0 Å². The zero-order chi connectivity index (χ0) is 12.0. The van der Waals surface area contributed by atoms with Gasteiger partial charge in [0.1, 0.15) is 11.6 Å². The molecule has 0 aliphatic heterocycles. The van der Waals surface area contributed by atoms with Crippen LogP contribution in [0.5, 0.6) is 0 Å². The maximum Gasteiger partial charge on any atom is 0.129 e. The molecule has 0 bridgehead atoms. The number of anilines is 1. The van der Waals surface area contributed by atoms with Gasteiger partial charge in [0.25, 0.3) is 0 Å². The SMILES string of the molecule is CCN(CC)CC(C)Nc1ccnc(C)n1. The van der Waals surface area contributed by atoms with E-state index < -0.39 is 0 Å². The molecule has 0 aliphatic rings. The van der Waals surface area contributed by atoms with Crippen LogP contribution in [0.2, 0.25) is 0 Å². The van der Waals surface area contributed by atoms with Crippen LogP contribution in [0.4, 0.5) is 5.82 Å². The van der Waals surface area contributed by atoms with E-state index in [4.69, 9.17) is 0 Å². The number of nitrogens with zero attached hydrogens (tertiary/aromatic N) is 3. The van der Waals surface area contributed by atoms with E-state index >= 15 is 0 Å². The maximum atomic E-state index is 4.33. The molecule has 0 aliphatic carbocycles. The number of aryl methyl sites for hydroxylation is 1. The number of nitrogens with one attached hydrogen (secondary N) is 1. The summed E-state index contributed by atoms with van der Waals surface area (Å²) in [5, 5.41) is 3.39. The normalized spacial score (nSPS) is 12.8. The molecule has 1 N–H and O–H groups in total. The number of hydrogen-bond donors (Lipinski definition) is 1. The van der Waals surface area contributed by atoms with Gasteiger partial charge in [0.15, 0.2) is 0 Å². The van der Waals surface area contributed by atoms with Gasteiger partial charge in [0, 0.05) is 18.8 Å². The van der Waals surface area contributed by atoms with E-state index in [0.717, 1.165) is 31.3 Å². The van der Waals surface area contributed by atoms with Crippen LogP contribution in [0, 0.1) is 6.92 Å². The van der Waals surface area contributed by atoms with Crippen LogP contribution < -0.4 is 5.32 Å². The van der Waals surface area contributed by atoms with Gasteiger partial charge in [-0.05, 0) is 33.0 Å². The molecule has 4 heteroatoms. The minimum Gasteiger partial charge on any atom is -0.366 e. The van der Waals surface area contributed by atoms with E-state index in [0.29, 0.717) is 6.04 Å². The lowest BCUT2D eigenvalue weighted by molar-refractivity contribution is 0.294. The average molecular weight is 222 g/mol. The molecule has 4 nitrogen and oxygen atoms in total. The van der Waals surface area contributed by atoms with Crippen molar-refractivity contribution in [2.45, 2.75) is 33.7 Å². The van der Waals surface area contributed by atoms with Gasteiger partial charge in [0.05, 0.1) is 0 Å². The Morgan fingerprint density at radius 1 is 1.38 bits per heavy atom. The highest BCUT2D eigenvalue weighted by Gasteiger charge is 2.07. The second-order valence-electron chi connectivity index (χ2n) is 4.02. The van der Waals surface area contributed by atoms with Gasteiger partial charge in [-0.25, -0.2) is 9.97 Å². The molecule has 0 radical (unpaired) electrons. The molecular weight excluding hydrogens is 200 g/mol. The van der Waals surface area contributed by atoms with Crippen LogP contribution in [0.15, 0.2) is 12.3 Å². The Labute approximate surface area is 98.1 Å². The monoisotopic (exact) mass is 222 g/mol. The standard InChI is InChI=1S/C12H22N4/c1-5-16(6-2)9-10(3)14-12-7-8-13-11(4)15-12/h7-8,10H,5-6,9H2,1-4H3,(H,13,14,15). The first-order valence-corrected chi connectivity index (χ1v) is 5.94. The van der Waals surface area contributed by atoms with Crippen molar-refractivity contribution in [1.82, 2.24) is 14.9 Å². The van der Waals surface area contributed by atoms with Crippen molar-refractivity contribution >= 4 is 5.82 Å². The van der Waals surface area contributed by atoms with Gasteiger partial charge in [-0.15, -0.1) is 0 Å². The average Bonchev–Trinajstić information content (AvgIpc) is 2.26. The summed E-state index contributed by atoms with van der Waals surface area (Å²) in [6.07, 6.45) is 1.79. The molecule has 1 heterocycles. The first-order valence-electron chi connectivity index (χ1n) is 5.94. The van der Waals surface area contributed by atoms with Gasteiger partial charge in [-0.2, -0.15) is 0 Å². The highest BCUT2D eigenvalue weighted by Crippen LogP contribution is 2.04. The molecule has 0 spiro atoms. The second-order valence-corrected chi connectivity index (χ2v) is 4.02. The van der Waals surface area contributed by atoms with Crippen molar-refractivity contribution in [3.8, 4) is 0 Å². The lowest BCUT2D eigenvalue weighted by Gasteiger charge is -2.23. The quantitative estimate of drug-likeness (QED) is 0.798. The Morgan fingerprint density at radius 3 is 2.62 bits per heavy atom. The molecule has 90 valence electrons. The van der Waals surface area contributed by atoms with Crippen LogP contribution in [-0.4, -0.2) is 40.5 Å². The van der Waals surface area contributed by atoms with E-state index in [1.807, 2.05) is 13.0 Å². The van der Waals surface area contributed by atoms with E-state index in [2.05, 4.69) is 41.0 Å². The second kappa shape index (κ2) is 6.43. The molecule has 1 unspecified atom stereocenters. The van der Waals surface area contributed by atoms with Gasteiger partial charge in [-0.3, -0.25) is 0 Å². The molecule has 1 atom stereocenters. The lowest BCUT2D eigenvalue weighted by atomic mass is 10.3. The van der Waals surface area contributed by atoms with E-state index in [9.17, 15) is 0 Å². The molecule has 0 saturated carbocycles. The maximum absolute atomic E-state index is 4.33.